The molecule has 0 atom stereocenters. The third kappa shape index (κ3) is 2.99. The molecule has 0 fully saturated rings. The number of hydrogen-bond acceptors (Lipinski definition) is 4. The molecular weight excluding hydrogens is 192 g/mol. The molecule has 0 heterocycles. The quantitative estimate of drug-likeness (QED) is 0.466. The van der Waals surface area contributed by atoms with Crippen molar-refractivity contribution in [2.24, 2.45) is 5.16 Å². The van der Waals surface area contributed by atoms with E-state index in [4.69, 9.17) is 15.2 Å². The van der Waals surface area contributed by atoms with Gasteiger partial charge in [0.25, 0.3) is 0 Å². The molecule has 0 aliphatic rings. The lowest BCUT2D eigenvalue weighted by Gasteiger charge is -2.11. The van der Waals surface area contributed by atoms with Gasteiger partial charge in [-0.2, -0.15) is 5.26 Å². The Balaban J connectivity index is 3.05. The summed E-state index contributed by atoms with van der Waals surface area (Å²) in [4.78, 5) is 0. The molecule has 0 radical (unpaired) electrons. The molecule has 0 spiro atoms. The molecule has 0 saturated heterocycles. The standard InChI is InChI=1S/C11H12N2O2/c1-8(2)15-11-4-3-9(7-13-14)5-10(11)6-12/h3-5,7-8,14H,1-2H3. The molecule has 1 aromatic rings. The number of nitrogens with zero attached hydrogens (tertiary/aromatic N) is 2. The van der Waals surface area contributed by atoms with Crippen LogP contribution in [0.15, 0.2) is 23.4 Å². The van der Waals surface area contributed by atoms with Gasteiger partial charge >= 0.3 is 0 Å². The van der Waals surface area contributed by atoms with E-state index < -0.39 is 0 Å². The SMILES string of the molecule is CC(C)Oc1ccc(C=NO)cc1C#N. The third-order valence-electron chi connectivity index (χ3n) is 1.69. The molecule has 0 saturated carbocycles. The molecule has 0 unspecified atom stereocenters. The highest BCUT2D eigenvalue weighted by Gasteiger charge is 2.05. The van der Waals surface area contributed by atoms with Gasteiger partial charge in [0.05, 0.1) is 17.9 Å². The number of oxime groups is 1. The first-order valence-corrected chi connectivity index (χ1v) is 4.55. The van der Waals surface area contributed by atoms with Crippen molar-refractivity contribution in [3.63, 3.8) is 0 Å². The fourth-order valence-electron chi connectivity index (χ4n) is 1.14. The Morgan fingerprint density at radius 1 is 1.53 bits per heavy atom. The minimum absolute atomic E-state index is 0.0226. The van der Waals surface area contributed by atoms with Crippen molar-refractivity contribution in [3.8, 4) is 11.8 Å². The van der Waals surface area contributed by atoms with Crippen LogP contribution in [0, 0.1) is 11.3 Å². The van der Waals surface area contributed by atoms with E-state index in [0.717, 1.165) is 0 Å². The lowest BCUT2D eigenvalue weighted by atomic mass is 10.1. The number of benzene rings is 1. The first-order valence-electron chi connectivity index (χ1n) is 4.55. The van der Waals surface area contributed by atoms with Crippen molar-refractivity contribution >= 4 is 6.21 Å². The van der Waals surface area contributed by atoms with E-state index in [-0.39, 0.29) is 6.10 Å². The molecule has 15 heavy (non-hydrogen) atoms. The Labute approximate surface area is 88.4 Å². The zero-order valence-electron chi connectivity index (χ0n) is 8.64. The maximum absolute atomic E-state index is 8.89. The molecule has 78 valence electrons. The number of rotatable bonds is 3. The highest BCUT2D eigenvalue weighted by Crippen LogP contribution is 2.19. The van der Waals surface area contributed by atoms with Gasteiger partial charge in [0.1, 0.15) is 11.8 Å². The lowest BCUT2D eigenvalue weighted by molar-refractivity contribution is 0.241. The molecule has 0 aliphatic heterocycles. The van der Waals surface area contributed by atoms with E-state index in [1.807, 2.05) is 19.9 Å². The van der Waals surface area contributed by atoms with Crippen molar-refractivity contribution in [3.05, 3.63) is 29.3 Å². The maximum atomic E-state index is 8.89. The summed E-state index contributed by atoms with van der Waals surface area (Å²) in [7, 11) is 0. The monoisotopic (exact) mass is 204 g/mol. The number of nitriles is 1. The van der Waals surface area contributed by atoms with Crippen LogP contribution in [-0.4, -0.2) is 17.5 Å². The molecule has 4 heteroatoms. The largest absolute Gasteiger partial charge is 0.490 e. The minimum atomic E-state index is 0.0226. The van der Waals surface area contributed by atoms with Gasteiger partial charge < -0.3 is 9.94 Å². The zero-order valence-corrected chi connectivity index (χ0v) is 8.64. The van der Waals surface area contributed by atoms with Crippen LogP contribution in [-0.2, 0) is 0 Å². The summed E-state index contributed by atoms with van der Waals surface area (Å²) >= 11 is 0. The maximum Gasteiger partial charge on any atom is 0.137 e. The fourth-order valence-corrected chi connectivity index (χ4v) is 1.14. The average Bonchev–Trinajstić information content (AvgIpc) is 2.20. The second kappa shape index (κ2) is 5.01. The van der Waals surface area contributed by atoms with Gasteiger partial charge in [0.15, 0.2) is 0 Å². The average molecular weight is 204 g/mol. The van der Waals surface area contributed by atoms with Crippen LogP contribution in [0.3, 0.4) is 0 Å². The molecular formula is C11H12N2O2. The van der Waals surface area contributed by atoms with Gasteiger partial charge in [-0.3, -0.25) is 0 Å². The summed E-state index contributed by atoms with van der Waals surface area (Å²) in [5.41, 5.74) is 1.09. The highest BCUT2D eigenvalue weighted by atomic mass is 16.5. The van der Waals surface area contributed by atoms with Crippen LogP contribution in [0.4, 0.5) is 0 Å². The molecule has 0 amide bonds. The van der Waals surface area contributed by atoms with Gasteiger partial charge in [-0.15, -0.1) is 0 Å². The van der Waals surface area contributed by atoms with Crippen LogP contribution in [0.2, 0.25) is 0 Å². The predicted molar refractivity (Wildman–Crippen MR) is 56.3 cm³/mol. The van der Waals surface area contributed by atoms with Crippen molar-refractivity contribution in [2.45, 2.75) is 20.0 Å². The lowest BCUT2D eigenvalue weighted by Crippen LogP contribution is -2.06. The second-order valence-electron chi connectivity index (χ2n) is 3.28. The van der Waals surface area contributed by atoms with Crippen molar-refractivity contribution < 1.29 is 9.94 Å². The van der Waals surface area contributed by atoms with E-state index in [9.17, 15) is 0 Å². The van der Waals surface area contributed by atoms with Gasteiger partial charge in [-0.05, 0) is 37.6 Å². The van der Waals surface area contributed by atoms with E-state index in [0.29, 0.717) is 16.9 Å². The normalized spacial score (nSPS) is 10.5. The number of hydrogen-bond donors (Lipinski definition) is 1. The summed E-state index contributed by atoms with van der Waals surface area (Å²) in [5, 5.41) is 20.1. The summed E-state index contributed by atoms with van der Waals surface area (Å²) in [6, 6.07) is 7.05. The first-order chi connectivity index (χ1) is 7.17. The van der Waals surface area contributed by atoms with E-state index in [2.05, 4.69) is 5.16 Å². The molecule has 0 aliphatic carbocycles. The zero-order chi connectivity index (χ0) is 11.3. The van der Waals surface area contributed by atoms with Crippen LogP contribution in [0.1, 0.15) is 25.0 Å². The minimum Gasteiger partial charge on any atom is -0.490 e. The molecule has 4 nitrogen and oxygen atoms in total. The first kappa shape index (κ1) is 11.1. The summed E-state index contributed by atoms with van der Waals surface area (Å²) in [5.74, 6) is 0.544. The molecule has 0 aromatic heterocycles. The van der Waals surface area contributed by atoms with Crippen molar-refractivity contribution in [1.29, 1.82) is 5.26 Å². The van der Waals surface area contributed by atoms with Crippen LogP contribution >= 0.6 is 0 Å². The topological polar surface area (TPSA) is 65.6 Å². The van der Waals surface area contributed by atoms with Gasteiger partial charge in [-0.1, -0.05) is 5.16 Å². The van der Waals surface area contributed by atoms with Gasteiger partial charge in [0.2, 0.25) is 0 Å². The summed E-state index contributed by atoms with van der Waals surface area (Å²) < 4.78 is 5.44. The molecule has 1 N–H and O–H groups in total. The Kier molecular flexibility index (Phi) is 3.69. The van der Waals surface area contributed by atoms with Crippen molar-refractivity contribution in [1.82, 2.24) is 0 Å². The van der Waals surface area contributed by atoms with Crippen LogP contribution in [0.5, 0.6) is 5.75 Å². The molecule has 1 aromatic carbocycles. The Hall–Kier alpha value is -2.02. The van der Waals surface area contributed by atoms with Gasteiger partial charge in [-0.25, -0.2) is 0 Å². The molecule has 1 rings (SSSR count). The van der Waals surface area contributed by atoms with Gasteiger partial charge in [0, 0.05) is 0 Å². The van der Waals surface area contributed by atoms with E-state index in [1.54, 1.807) is 18.2 Å². The smallest absolute Gasteiger partial charge is 0.137 e. The fraction of sp³-hybridized carbons (Fsp3) is 0.273. The number of ether oxygens (including phenoxy) is 1. The summed E-state index contributed by atoms with van der Waals surface area (Å²) in [6.45, 7) is 3.79. The third-order valence-corrected chi connectivity index (χ3v) is 1.69. The highest BCUT2D eigenvalue weighted by molar-refractivity contribution is 5.80. The van der Waals surface area contributed by atoms with Crippen LogP contribution < -0.4 is 4.74 Å². The van der Waals surface area contributed by atoms with Crippen molar-refractivity contribution in [2.75, 3.05) is 0 Å². The predicted octanol–water partition coefficient (Wildman–Crippen LogP) is 2.15. The van der Waals surface area contributed by atoms with Crippen LogP contribution in [0.25, 0.3) is 0 Å². The second-order valence-corrected chi connectivity index (χ2v) is 3.28. The summed E-state index contributed by atoms with van der Waals surface area (Å²) in [6.07, 6.45) is 1.29. The Morgan fingerprint density at radius 2 is 2.27 bits per heavy atom. The molecule has 0 bridgehead atoms. The van der Waals surface area contributed by atoms with E-state index in [1.165, 1.54) is 6.21 Å². The van der Waals surface area contributed by atoms with E-state index >= 15 is 0 Å². The Bertz CT molecular complexity index is 406. The Morgan fingerprint density at radius 3 is 2.80 bits per heavy atom.